The van der Waals surface area contributed by atoms with Gasteiger partial charge in [0.05, 0.1) is 0 Å². The Morgan fingerprint density at radius 2 is 2.00 bits per heavy atom. The van der Waals surface area contributed by atoms with Crippen LogP contribution in [0, 0.1) is 11.8 Å². The minimum absolute atomic E-state index is 0.0641. The van der Waals surface area contributed by atoms with Gasteiger partial charge in [-0.05, 0) is 59.7 Å². The summed E-state index contributed by atoms with van der Waals surface area (Å²) in [7, 11) is 0. The van der Waals surface area contributed by atoms with Crippen molar-refractivity contribution in [2.75, 3.05) is 18.0 Å². The predicted molar refractivity (Wildman–Crippen MR) is 73.0 cm³/mol. The van der Waals surface area contributed by atoms with Crippen LogP contribution in [-0.4, -0.2) is 23.6 Å². The van der Waals surface area contributed by atoms with Gasteiger partial charge in [0.2, 0.25) is 0 Å². The third-order valence-corrected chi connectivity index (χ3v) is 4.54. The second-order valence-corrected chi connectivity index (χ2v) is 6.74. The van der Waals surface area contributed by atoms with Crippen LogP contribution in [0.4, 0.5) is 5.82 Å². The fourth-order valence-corrected chi connectivity index (χ4v) is 3.66. The smallest absolute Gasteiger partial charge is 0.128 e. The first kappa shape index (κ1) is 11.5. The maximum atomic E-state index is 6.23. The van der Waals surface area contributed by atoms with Crippen LogP contribution in [0.3, 0.4) is 0 Å². The molecule has 0 amide bonds. The maximum Gasteiger partial charge on any atom is 0.128 e. The lowest BCUT2D eigenvalue weighted by Crippen LogP contribution is -2.35. The summed E-state index contributed by atoms with van der Waals surface area (Å²) in [4.78, 5) is 6.87. The van der Waals surface area contributed by atoms with Crippen LogP contribution in [-0.2, 0) is 0 Å². The first-order valence-corrected chi connectivity index (χ1v) is 6.98. The third kappa shape index (κ3) is 2.20. The highest BCUT2D eigenvalue weighted by Crippen LogP contribution is 2.43. The SMILES string of the molecule is CC1(N)C[C@H]2CN(c3ccc(Br)cn3)C[C@H]2C1. The van der Waals surface area contributed by atoms with Gasteiger partial charge in [-0.1, -0.05) is 0 Å². The zero-order valence-electron chi connectivity index (χ0n) is 10.1. The standard InChI is InChI=1S/C13H18BrN3/c1-13(15)4-9-7-17(8-10(9)5-13)12-3-2-11(14)6-16-12/h2-3,6,9-10H,4-5,7-8,15H2,1H3/t9-,10+,13?. The highest BCUT2D eigenvalue weighted by molar-refractivity contribution is 9.10. The van der Waals surface area contributed by atoms with Crippen molar-refractivity contribution < 1.29 is 0 Å². The molecule has 3 rings (SSSR count). The molecule has 2 fully saturated rings. The number of pyridine rings is 1. The van der Waals surface area contributed by atoms with Gasteiger partial charge in [0.25, 0.3) is 0 Å². The number of halogens is 1. The largest absolute Gasteiger partial charge is 0.356 e. The quantitative estimate of drug-likeness (QED) is 0.865. The minimum atomic E-state index is 0.0641. The molecule has 17 heavy (non-hydrogen) atoms. The minimum Gasteiger partial charge on any atom is -0.356 e. The van der Waals surface area contributed by atoms with E-state index in [1.54, 1.807) is 0 Å². The summed E-state index contributed by atoms with van der Waals surface area (Å²) in [5, 5.41) is 0. The molecule has 2 aliphatic rings. The number of hydrogen-bond acceptors (Lipinski definition) is 3. The fourth-order valence-electron chi connectivity index (χ4n) is 3.42. The monoisotopic (exact) mass is 295 g/mol. The van der Waals surface area contributed by atoms with E-state index in [1.165, 1.54) is 0 Å². The van der Waals surface area contributed by atoms with Crippen molar-refractivity contribution in [3.63, 3.8) is 0 Å². The number of aromatic nitrogens is 1. The molecule has 0 bridgehead atoms. The van der Waals surface area contributed by atoms with Gasteiger partial charge >= 0.3 is 0 Å². The summed E-state index contributed by atoms with van der Waals surface area (Å²) in [6, 6.07) is 4.15. The van der Waals surface area contributed by atoms with Gasteiger partial charge in [-0.25, -0.2) is 4.98 Å². The molecule has 92 valence electrons. The van der Waals surface area contributed by atoms with Crippen molar-refractivity contribution in [3.05, 3.63) is 22.8 Å². The Labute approximate surface area is 111 Å². The molecule has 0 radical (unpaired) electrons. The van der Waals surface area contributed by atoms with Gasteiger partial charge < -0.3 is 10.6 Å². The van der Waals surface area contributed by atoms with Crippen molar-refractivity contribution in [3.8, 4) is 0 Å². The molecule has 1 saturated carbocycles. The Bertz CT molecular complexity index is 399. The van der Waals surface area contributed by atoms with Gasteiger partial charge in [0.15, 0.2) is 0 Å². The van der Waals surface area contributed by atoms with Gasteiger partial charge in [-0.15, -0.1) is 0 Å². The van der Waals surface area contributed by atoms with Crippen molar-refractivity contribution in [1.82, 2.24) is 4.98 Å². The lowest BCUT2D eigenvalue weighted by molar-refractivity contribution is 0.449. The van der Waals surface area contributed by atoms with Gasteiger partial charge in [-0.2, -0.15) is 0 Å². The number of nitrogens with two attached hydrogens (primary N) is 1. The van der Waals surface area contributed by atoms with E-state index in [-0.39, 0.29) is 5.54 Å². The van der Waals surface area contributed by atoms with Gasteiger partial charge in [0, 0.05) is 29.3 Å². The van der Waals surface area contributed by atoms with Crippen LogP contribution in [0.5, 0.6) is 0 Å². The zero-order valence-corrected chi connectivity index (χ0v) is 11.7. The second-order valence-electron chi connectivity index (χ2n) is 5.82. The lowest BCUT2D eigenvalue weighted by atomic mass is 10.00. The van der Waals surface area contributed by atoms with Crippen molar-refractivity contribution in [2.45, 2.75) is 25.3 Å². The van der Waals surface area contributed by atoms with Crippen LogP contribution in [0.1, 0.15) is 19.8 Å². The van der Waals surface area contributed by atoms with Crippen LogP contribution in [0.2, 0.25) is 0 Å². The number of anilines is 1. The molecule has 3 nitrogen and oxygen atoms in total. The summed E-state index contributed by atoms with van der Waals surface area (Å²) in [6.45, 7) is 4.42. The van der Waals surface area contributed by atoms with Gasteiger partial charge in [-0.3, -0.25) is 0 Å². The molecule has 1 unspecified atom stereocenters. The number of rotatable bonds is 1. The molecule has 2 N–H and O–H groups in total. The Morgan fingerprint density at radius 3 is 2.53 bits per heavy atom. The molecule has 1 aromatic rings. The normalized spacial score (nSPS) is 36.3. The zero-order chi connectivity index (χ0) is 12.0. The van der Waals surface area contributed by atoms with E-state index < -0.39 is 0 Å². The lowest BCUT2D eigenvalue weighted by Gasteiger charge is -2.23. The van der Waals surface area contributed by atoms with E-state index in [9.17, 15) is 0 Å². The summed E-state index contributed by atoms with van der Waals surface area (Å²) in [5.74, 6) is 2.62. The van der Waals surface area contributed by atoms with E-state index in [2.05, 4.69) is 44.9 Å². The highest BCUT2D eigenvalue weighted by Gasteiger charge is 2.45. The molecule has 0 aromatic carbocycles. The van der Waals surface area contributed by atoms with Crippen LogP contribution in [0.15, 0.2) is 22.8 Å². The van der Waals surface area contributed by atoms with Crippen molar-refractivity contribution in [2.24, 2.45) is 17.6 Å². The summed E-state index contributed by atoms with van der Waals surface area (Å²) < 4.78 is 1.04. The van der Waals surface area contributed by atoms with E-state index in [4.69, 9.17) is 5.73 Å². The third-order valence-electron chi connectivity index (χ3n) is 4.07. The van der Waals surface area contributed by atoms with E-state index in [0.717, 1.165) is 48.1 Å². The topological polar surface area (TPSA) is 42.1 Å². The molecule has 1 aliphatic heterocycles. The first-order valence-electron chi connectivity index (χ1n) is 6.19. The molecule has 1 aromatic heterocycles. The fraction of sp³-hybridized carbons (Fsp3) is 0.615. The number of fused-ring (bicyclic) bond motifs is 1. The summed E-state index contributed by atoms with van der Waals surface area (Å²) in [6.07, 6.45) is 4.19. The second kappa shape index (κ2) is 3.95. The molecule has 0 spiro atoms. The molecule has 3 atom stereocenters. The Hall–Kier alpha value is -0.610. The van der Waals surface area contributed by atoms with Crippen LogP contribution in [0.25, 0.3) is 0 Å². The summed E-state index contributed by atoms with van der Waals surface area (Å²) >= 11 is 3.42. The number of hydrogen-bond donors (Lipinski definition) is 1. The Balaban J connectivity index is 1.72. The van der Waals surface area contributed by atoms with Crippen molar-refractivity contribution in [1.29, 1.82) is 0 Å². The van der Waals surface area contributed by atoms with Crippen LogP contribution < -0.4 is 10.6 Å². The highest BCUT2D eigenvalue weighted by atomic mass is 79.9. The Kier molecular flexibility index (Phi) is 2.67. The molecule has 4 heteroatoms. The van der Waals surface area contributed by atoms with E-state index >= 15 is 0 Å². The van der Waals surface area contributed by atoms with Gasteiger partial charge in [0.1, 0.15) is 5.82 Å². The van der Waals surface area contributed by atoms with Crippen molar-refractivity contribution >= 4 is 21.7 Å². The number of nitrogens with zero attached hydrogens (tertiary/aromatic N) is 2. The molecular weight excluding hydrogens is 278 g/mol. The van der Waals surface area contributed by atoms with E-state index in [0.29, 0.717) is 0 Å². The molecule has 1 saturated heterocycles. The van der Waals surface area contributed by atoms with Crippen LogP contribution >= 0.6 is 15.9 Å². The van der Waals surface area contributed by atoms with E-state index in [1.807, 2.05) is 6.20 Å². The maximum absolute atomic E-state index is 6.23. The first-order chi connectivity index (χ1) is 8.03. The average Bonchev–Trinajstić information content (AvgIpc) is 2.72. The average molecular weight is 296 g/mol. The predicted octanol–water partition coefficient (Wildman–Crippen LogP) is 2.41. The molecule has 1 aliphatic carbocycles. The molecular formula is C13H18BrN3. The molecule has 2 heterocycles. The Morgan fingerprint density at radius 1 is 1.35 bits per heavy atom. The summed E-state index contributed by atoms with van der Waals surface area (Å²) in [5.41, 5.74) is 6.30.